The van der Waals surface area contributed by atoms with E-state index in [9.17, 15) is 0 Å². The van der Waals surface area contributed by atoms with Crippen LogP contribution in [-0.2, 0) is 0 Å². The van der Waals surface area contributed by atoms with E-state index in [-0.39, 0.29) is 0 Å². The van der Waals surface area contributed by atoms with E-state index in [1.165, 1.54) is 0 Å². The van der Waals surface area contributed by atoms with E-state index in [0.717, 1.165) is 110 Å². The van der Waals surface area contributed by atoms with Gasteiger partial charge >= 0.3 is 0 Å². The lowest BCUT2D eigenvalue weighted by Crippen LogP contribution is -1.93. The maximum Gasteiger partial charge on any atom is 0.144 e. The highest BCUT2D eigenvalue weighted by atomic mass is 16.3. The Kier molecular flexibility index (Phi) is 5.89. The Morgan fingerprint density at radius 3 is 2.00 bits per heavy atom. The molecular formula is C46H26N4O. The normalized spacial score (nSPS) is 11.9. The summed E-state index contributed by atoms with van der Waals surface area (Å²) in [4.78, 5) is 19.7. The number of rotatable bonds is 3. The average Bonchev–Trinajstić information content (AvgIpc) is 3.59. The first-order chi connectivity index (χ1) is 25.3. The Morgan fingerprint density at radius 1 is 0.412 bits per heavy atom. The van der Waals surface area contributed by atoms with Gasteiger partial charge in [-0.2, -0.15) is 0 Å². The van der Waals surface area contributed by atoms with E-state index < -0.39 is 0 Å². The van der Waals surface area contributed by atoms with Crippen LogP contribution in [0.4, 0.5) is 0 Å². The van der Waals surface area contributed by atoms with Crippen LogP contribution in [0.3, 0.4) is 0 Å². The third-order valence-corrected chi connectivity index (χ3v) is 10.2. The van der Waals surface area contributed by atoms with E-state index in [2.05, 4.69) is 108 Å². The molecule has 5 heterocycles. The highest BCUT2D eigenvalue weighted by molar-refractivity contribution is 6.25. The first kappa shape index (κ1) is 27.9. The molecule has 11 aromatic rings. The minimum atomic E-state index is 0.886. The van der Waals surface area contributed by atoms with Gasteiger partial charge in [-0.15, -0.1) is 0 Å². The summed E-state index contributed by atoms with van der Waals surface area (Å²) in [7, 11) is 0. The number of hydrogen-bond donors (Lipinski definition) is 0. The highest BCUT2D eigenvalue weighted by Gasteiger charge is 2.19. The summed E-state index contributed by atoms with van der Waals surface area (Å²) in [6.45, 7) is 0. The van der Waals surface area contributed by atoms with Crippen molar-refractivity contribution < 1.29 is 4.42 Å². The molecule has 0 N–H and O–H groups in total. The van der Waals surface area contributed by atoms with E-state index in [1.807, 2.05) is 55.0 Å². The summed E-state index contributed by atoms with van der Waals surface area (Å²) in [5, 5.41) is 8.65. The van der Waals surface area contributed by atoms with Gasteiger partial charge in [0, 0.05) is 72.8 Å². The molecule has 0 aliphatic heterocycles. The predicted molar refractivity (Wildman–Crippen MR) is 209 cm³/mol. The molecule has 0 saturated carbocycles. The zero-order chi connectivity index (χ0) is 33.5. The van der Waals surface area contributed by atoms with Gasteiger partial charge in [0.25, 0.3) is 0 Å². The van der Waals surface area contributed by atoms with E-state index >= 15 is 0 Å². The average molecular weight is 651 g/mol. The molecular weight excluding hydrogens is 625 g/mol. The fraction of sp³-hybridized carbons (Fsp3) is 0. The van der Waals surface area contributed by atoms with Gasteiger partial charge in [-0.1, -0.05) is 91.0 Å². The molecule has 236 valence electrons. The highest BCUT2D eigenvalue weighted by Crippen LogP contribution is 2.43. The minimum Gasteiger partial charge on any atom is -0.455 e. The summed E-state index contributed by atoms with van der Waals surface area (Å²) >= 11 is 0. The number of aromatic nitrogens is 4. The van der Waals surface area contributed by atoms with Crippen LogP contribution in [0.1, 0.15) is 0 Å². The fourth-order valence-corrected chi connectivity index (χ4v) is 7.91. The zero-order valence-electron chi connectivity index (χ0n) is 27.2. The molecule has 5 nitrogen and oxygen atoms in total. The van der Waals surface area contributed by atoms with Crippen LogP contribution < -0.4 is 0 Å². The van der Waals surface area contributed by atoms with Crippen molar-refractivity contribution in [3.8, 4) is 33.5 Å². The maximum absolute atomic E-state index is 6.56. The van der Waals surface area contributed by atoms with Gasteiger partial charge in [0.1, 0.15) is 11.2 Å². The minimum absolute atomic E-state index is 0.886. The number of hydrogen-bond acceptors (Lipinski definition) is 5. The molecule has 0 aliphatic rings. The molecule has 0 aliphatic carbocycles. The summed E-state index contributed by atoms with van der Waals surface area (Å²) in [5.74, 6) is 0. The van der Waals surface area contributed by atoms with Crippen molar-refractivity contribution in [2.45, 2.75) is 0 Å². The van der Waals surface area contributed by atoms with Crippen molar-refractivity contribution in [1.82, 2.24) is 19.9 Å². The van der Waals surface area contributed by atoms with Crippen molar-refractivity contribution in [2.24, 2.45) is 0 Å². The Bertz CT molecular complexity index is 3220. The molecule has 0 radical (unpaired) electrons. The Morgan fingerprint density at radius 2 is 1.10 bits per heavy atom. The van der Waals surface area contributed by atoms with Crippen molar-refractivity contribution in [1.29, 1.82) is 0 Å². The molecule has 0 unspecified atom stereocenters. The monoisotopic (exact) mass is 650 g/mol. The molecule has 5 heteroatoms. The van der Waals surface area contributed by atoms with E-state index in [4.69, 9.17) is 19.4 Å². The van der Waals surface area contributed by atoms with Gasteiger partial charge in [-0.05, 0) is 65.2 Å². The topological polar surface area (TPSA) is 64.7 Å². The molecule has 5 aromatic heterocycles. The van der Waals surface area contributed by atoms with Gasteiger partial charge in [-0.3, -0.25) is 15.0 Å². The summed E-state index contributed by atoms with van der Waals surface area (Å²) < 4.78 is 6.56. The van der Waals surface area contributed by atoms with Gasteiger partial charge in [-0.25, -0.2) is 4.98 Å². The fourth-order valence-electron chi connectivity index (χ4n) is 7.91. The molecule has 0 spiro atoms. The number of nitrogens with zero attached hydrogens (tertiary/aromatic N) is 4. The Hall–Kier alpha value is -6.98. The van der Waals surface area contributed by atoms with E-state index in [1.54, 1.807) is 0 Å². The number of benzene rings is 6. The lowest BCUT2D eigenvalue weighted by molar-refractivity contribution is 0.673. The van der Waals surface area contributed by atoms with Gasteiger partial charge in [0.05, 0.1) is 27.8 Å². The van der Waals surface area contributed by atoms with Crippen LogP contribution in [0.15, 0.2) is 163 Å². The number of fused-ring (bicyclic) bond motifs is 11. The third kappa shape index (κ3) is 4.15. The van der Waals surface area contributed by atoms with Crippen LogP contribution in [0.5, 0.6) is 0 Å². The first-order valence-electron chi connectivity index (χ1n) is 17.0. The molecule has 0 bridgehead atoms. The van der Waals surface area contributed by atoms with Gasteiger partial charge in [0.15, 0.2) is 0 Å². The number of furan rings is 1. The van der Waals surface area contributed by atoms with Gasteiger partial charge < -0.3 is 4.42 Å². The summed E-state index contributed by atoms with van der Waals surface area (Å²) in [6.07, 6.45) is 5.54. The molecule has 11 rings (SSSR count). The van der Waals surface area contributed by atoms with Crippen molar-refractivity contribution in [3.63, 3.8) is 0 Å². The molecule has 0 atom stereocenters. The Labute approximate surface area is 291 Å². The third-order valence-electron chi connectivity index (χ3n) is 10.2. The second-order valence-electron chi connectivity index (χ2n) is 13.0. The van der Waals surface area contributed by atoms with Crippen LogP contribution in [0.2, 0.25) is 0 Å². The van der Waals surface area contributed by atoms with Crippen molar-refractivity contribution in [2.75, 3.05) is 0 Å². The maximum atomic E-state index is 6.56. The molecule has 6 aromatic carbocycles. The quantitative estimate of drug-likeness (QED) is 0.178. The molecule has 0 fully saturated rings. The van der Waals surface area contributed by atoms with Crippen LogP contribution in [-0.4, -0.2) is 19.9 Å². The lowest BCUT2D eigenvalue weighted by atomic mass is 9.91. The second kappa shape index (κ2) is 10.8. The van der Waals surface area contributed by atoms with Crippen molar-refractivity contribution in [3.05, 3.63) is 158 Å². The van der Waals surface area contributed by atoms with Crippen LogP contribution in [0.25, 0.3) is 110 Å². The predicted octanol–water partition coefficient (Wildman–Crippen LogP) is 11.9. The molecule has 51 heavy (non-hydrogen) atoms. The zero-order valence-corrected chi connectivity index (χ0v) is 27.2. The molecule has 0 amide bonds. The largest absolute Gasteiger partial charge is 0.455 e. The van der Waals surface area contributed by atoms with Crippen LogP contribution in [0, 0.1) is 0 Å². The van der Waals surface area contributed by atoms with Gasteiger partial charge in [0.2, 0.25) is 0 Å². The van der Waals surface area contributed by atoms with Crippen molar-refractivity contribution >= 4 is 76.3 Å². The molecule has 0 saturated heterocycles. The second-order valence-corrected chi connectivity index (χ2v) is 13.0. The number of para-hydroxylation sites is 2. The van der Waals surface area contributed by atoms with E-state index in [0.29, 0.717) is 0 Å². The standard InChI is InChI=1S/C46H26N4O/c1-3-16-39-36(13-1)41-37(21-20-35-32-12-2-4-17-40(32)51-46(35)41)42(50-39)28-10-5-9-27(25-28)30-18-19-31(33-14-7-23-48-44(30)33)38-26-29-11-6-22-47-43(29)45-34(38)15-8-24-49-45/h1-26H. The van der Waals surface area contributed by atoms with Crippen LogP contribution >= 0.6 is 0 Å². The first-order valence-corrected chi connectivity index (χ1v) is 17.0. The summed E-state index contributed by atoms with van der Waals surface area (Å²) in [6, 6.07) is 48.6. The Balaban J connectivity index is 1.13. The lowest BCUT2D eigenvalue weighted by Gasteiger charge is -2.15. The smallest absolute Gasteiger partial charge is 0.144 e. The summed E-state index contributed by atoms with van der Waals surface area (Å²) in [5.41, 5.74) is 11.8. The number of pyridine rings is 4. The SMILES string of the molecule is c1cc(-c2nc3ccccc3c3c2ccc2c4ccccc4oc23)cc(-c2ccc(-c3cc4cccnc4c4ncccc34)c3cccnc23)c1.